The van der Waals surface area contributed by atoms with Gasteiger partial charge in [-0.05, 0) is 12.8 Å². The lowest BCUT2D eigenvalue weighted by Crippen LogP contribution is -2.47. The van der Waals surface area contributed by atoms with Crippen molar-refractivity contribution in [3.63, 3.8) is 0 Å². The topological polar surface area (TPSA) is 60.9 Å². The Bertz CT molecular complexity index is 279. The molecule has 5 nitrogen and oxygen atoms in total. The van der Waals surface area contributed by atoms with Crippen LogP contribution in [-0.4, -0.2) is 57.7 Å². The maximum atomic E-state index is 11.9. The minimum Gasteiger partial charge on any atom is -0.480 e. The number of thioether (sulfide) groups is 1. The molecule has 1 atom stereocenters. The Morgan fingerprint density at radius 3 is 2.53 bits per heavy atom. The molecule has 2 saturated heterocycles. The summed E-state index contributed by atoms with van der Waals surface area (Å²) in [6, 6.07) is -0.743. The normalized spacial score (nSPS) is 26.0. The molecular weight excluding hydrogens is 216 g/mol. The zero-order chi connectivity index (χ0) is 10.8. The second-order valence-corrected chi connectivity index (χ2v) is 4.80. The zero-order valence-corrected chi connectivity index (χ0v) is 9.20. The van der Waals surface area contributed by atoms with Crippen molar-refractivity contribution < 1.29 is 14.7 Å². The van der Waals surface area contributed by atoms with Gasteiger partial charge in [0.1, 0.15) is 6.04 Å². The number of carbonyl (C=O) groups excluding carboxylic acids is 1. The van der Waals surface area contributed by atoms with Crippen LogP contribution < -0.4 is 0 Å². The van der Waals surface area contributed by atoms with E-state index in [1.54, 1.807) is 4.90 Å². The summed E-state index contributed by atoms with van der Waals surface area (Å²) in [5.74, 6) is 0.119. The summed E-state index contributed by atoms with van der Waals surface area (Å²) in [5.41, 5.74) is 0. The SMILES string of the molecule is O=C(O)[C@@H]1CSCN1C(=O)N1CCCC1. The second-order valence-electron chi connectivity index (χ2n) is 3.80. The molecule has 0 aromatic carbocycles. The van der Waals surface area contributed by atoms with Gasteiger partial charge in [-0.2, -0.15) is 0 Å². The van der Waals surface area contributed by atoms with Gasteiger partial charge in [-0.15, -0.1) is 11.8 Å². The van der Waals surface area contributed by atoms with E-state index in [0.717, 1.165) is 25.9 Å². The maximum Gasteiger partial charge on any atom is 0.327 e. The Hall–Kier alpha value is -0.910. The minimum atomic E-state index is -0.896. The van der Waals surface area contributed by atoms with Crippen molar-refractivity contribution in [2.24, 2.45) is 0 Å². The number of nitrogens with zero attached hydrogens (tertiary/aromatic N) is 2. The highest BCUT2D eigenvalue weighted by atomic mass is 32.2. The molecule has 6 heteroatoms. The number of aliphatic carboxylic acids is 1. The largest absolute Gasteiger partial charge is 0.480 e. The molecule has 2 aliphatic heterocycles. The summed E-state index contributed by atoms with van der Waals surface area (Å²) >= 11 is 1.50. The first-order chi connectivity index (χ1) is 7.20. The first kappa shape index (κ1) is 10.6. The fourth-order valence-electron chi connectivity index (χ4n) is 1.93. The summed E-state index contributed by atoms with van der Waals surface area (Å²) < 4.78 is 0. The highest BCUT2D eigenvalue weighted by Crippen LogP contribution is 2.23. The first-order valence-corrected chi connectivity index (χ1v) is 6.21. The average molecular weight is 230 g/mol. The Morgan fingerprint density at radius 2 is 1.93 bits per heavy atom. The molecule has 2 amide bonds. The first-order valence-electron chi connectivity index (χ1n) is 5.06. The Morgan fingerprint density at radius 1 is 1.27 bits per heavy atom. The molecule has 2 aliphatic rings. The number of carboxylic acid groups (broad SMARTS) is 1. The fourth-order valence-corrected chi connectivity index (χ4v) is 3.06. The summed E-state index contributed by atoms with van der Waals surface area (Å²) in [5, 5.41) is 8.95. The highest BCUT2D eigenvalue weighted by molar-refractivity contribution is 7.99. The van der Waals surface area contributed by atoms with Crippen LogP contribution >= 0.6 is 11.8 Å². The van der Waals surface area contributed by atoms with Crippen molar-refractivity contribution in [1.82, 2.24) is 9.80 Å². The molecule has 0 spiro atoms. The molecule has 0 bridgehead atoms. The van der Waals surface area contributed by atoms with Crippen molar-refractivity contribution in [3.8, 4) is 0 Å². The lowest BCUT2D eigenvalue weighted by molar-refractivity contribution is -0.140. The summed E-state index contributed by atoms with van der Waals surface area (Å²) in [6.07, 6.45) is 2.06. The Kier molecular flexibility index (Phi) is 3.04. The van der Waals surface area contributed by atoms with E-state index >= 15 is 0 Å². The van der Waals surface area contributed by atoms with Crippen LogP contribution in [0.5, 0.6) is 0 Å². The van der Waals surface area contributed by atoms with Gasteiger partial charge in [0.2, 0.25) is 0 Å². The summed E-state index contributed by atoms with van der Waals surface area (Å²) in [6.45, 7) is 1.54. The van der Waals surface area contributed by atoms with E-state index in [0.29, 0.717) is 11.6 Å². The van der Waals surface area contributed by atoms with E-state index in [-0.39, 0.29) is 6.03 Å². The van der Waals surface area contributed by atoms with Crippen LogP contribution in [0.4, 0.5) is 4.79 Å². The Balaban J connectivity index is 2.02. The molecule has 15 heavy (non-hydrogen) atoms. The number of hydrogen-bond acceptors (Lipinski definition) is 3. The minimum absolute atomic E-state index is 0.107. The van der Waals surface area contributed by atoms with Crippen LogP contribution in [0.15, 0.2) is 0 Å². The predicted octanol–water partition coefficient (Wildman–Crippen LogP) is 0.662. The van der Waals surface area contributed by atoms with Gasteiger partial charge in [0, 0.05) is 18.8 Å². The van der Waals surface area contributed by atoms with Crippen molar-refractivity contribution in [2.75, 3.05) is 24.7 Å². The standard InChI is InChI=1S/C9H14N2O3S/c12-8(13)7-5-15-6-11(7)9(14)10-3-1-2-4-10/h7H,1-6H2,(H,12,13)/t7-/m0/s1. The van der Waals surface area contributed by atoms with Crippen LogP contribution in [-0.2, 0) is 4.79 Å². The molecule has 2 fully saturated rings. The lowest BCUT2D eigenvalue weighted by atomic mass is 10.3. The number of rotatable bonds is 1. The monoisotopic (exact) mass is 230 g/mol. The van der Waals surface area contributed by atoms with Gasteiger partial charge in [-0.1, -0.05) is 0 Å². The Labute approximate surface area is 92.4 Å². The van der Waals surface area contributed by atoms with E-state index in [2.05, 4.69) is 0 Å². The number of carboxylic acids is 1. The molecule has 0 aromatic rings. The average Bonchev–Trinajstić information content (AvgIpc) is 2.88. The molecule has 0 aromatic heterocycles. The van der Waals surface area contributed by atoms with Gasteiger partial charge in [0.05, 0.1) is 5.88 Å². The quantitative estimate of drug-likeness (QED) is 0.719. The summed E-state index contributed by atoms with van der Waals surface area (Å²) in [7, 11) is 0. The van der Waals surface area contributed by atoms with E-state index in [1.165, 1.54) is 16.7 Å². The second kappa shape index (κ2) is 4.30. The summed E-state index contributed by atoms with van der Waals surface area (Å²) in [4.78, 5) is 26.1. The van der Waals surface area contributed by atoms with E-state index < -0.39 is 12.0 Å². The third kappa shape index (κ3) is 2.04. The zero-order valence-electron chi connectivity index (χ0n) is 8.39. The number of likely N-dealkylation sites (tertiary alicyclic amines) is 1. The number of carbonyl (C=O) groups is 2. The third-order valence-corrected chi connectivity index (χ3v) is 3.80. The van der Waals surface area contributed by atoms with E-state index in [9.17, 15) is 9.59 Å². The fraction of sp³-hybridized carbons (Fsp3) is 0.778. The van der Waals surface area contributed by atoms with Crippen LogP contribution in [0.25, 0.3) is 0 Å². The lowest BCUT2D eigenvalue weighted by Gasteiger charge is -2.26. The van der Waals surface area contributed by atoms with Gasteiger partial charge < -0.3 is 14.9 Å². The van der Waals surface area contributed by atoms with Crippen LogP contribution in [0.3, 0.4) is 0 Å². The molecule has 84 valence electrons. The molecule has 1 N–H and O–H groups in total. The van der Waals surface area contributed by atoms with Gasteiger partial charge in [0.15, 0.2) is 0 Å². The molecule has 2 rings (SSSR count). The molecule has 0 radical (unpaired) electrons. The van der Waals surface area contributed by atoms with E-state index in [4.69, 9.17) is 5.11 Å². The van der Waals surface area contributed by atoms with Crippen molar-refractivity contribution in [2.45, 2.75) is 18.9 Å². The predicted molar refractivity (Wildman–Crippen MR) is 56.8 cm³/mol. The van der Waals surface area contributed by atoms with Gasteiger partial charge in [0.25, 0.3) is 0 Å². The van der Waals surface area contributed by atoms with Crippen molar-refractivity contribution in [1.29, 1.82) is 0 Å². The van der Waals surface area contributed by atoms with Crippen LogP contribution in [0, 0.1) is 0 Å². The molecule has 2 heterocycles. The van der Waals surface area contributed by atoms with Crippen molar-refractivity contribution >= 4 is 23.8 Å². The van der Waals surface area contributed by atoms with Gasteiger partial charge in [-0.25, -0.2) is 9.59 Å². The van der Waals surface area contributed by atoms with Gasteiger partial charge >= 0.3 is 12.0 Å². The number of urea groups is 1. The smallest absolute Gasteiger partial charge is 0.327 e. The molecule has 0 saturated carbocycles. The highest BCUT2D eigenvalue weighted by Gasteiger charge is 2.37. The molecule has 0 unspecified atom stereocenters. The molecule has 0 aliphatic carbocycles. The number of hydrogen-bond donors (Lipinski definition) is 1. The maximum absolute atomic E-state index is 11.9. The number of amides is 2. The molecular formula is C9H14N2O3S. The van der Waals surface area contributed by atoms with E-state index in [1.807, 2.05) is 0 Å². The third-order valence-electron chi connectivity index (χ3n) is 2.79. The van der Waals surface area contributed by atoms with Crippen LogP contribution in [0.2, 0.25) is 0 Å². The van der Waals surface area contributed by atoms with Crippen LogP contribution in [0.1, 0.15) is 12.8 Å². The van der Waals surface area contributed by atoms with Crippen molar-refractivity contribution in [3.05, 3.63) is 0 Å². The van der Waals surface area contributed by atoms with Gasteiger partial charge in [-0.3, -0.25) is 0 Å².